The Hall–Kier alpha value is -3.07. The predicted molar refractivity (Wildman–Crippen MR) is 124 cm³/mol. The maximum atomic E-state index is 12.7. The summed E-state index contributed by atoms with van der Waals surface area (Å²) < 4.78 is 0. The van der Waals surface area contributed by atoms with Crippen LogP contribution in [0.4, 0.5) is 11.4 Å². The van der Waals surface area contributed by atoms with E-state index < -0.39 is 0 Å². The molecule has 0 heterocycles. The normalized spacial score (nSPS) is 14.9. The van der Waals surface area contributed by atoms with Crippen LogP contribution in [0, 0.1) is 5.92 Å². The standard InChI is InChI=1S/C27H30N2O/c30-27(20-22-12-10-11-13-22)28-21-26(23-14-4-1-5-15-23)29(24-16-6-2-7-17-24)25-18-8-3-9-19-25/h1-9,14-19,22,26H,10-13,20-21H2,(H,28,30). The summed E-state index contributed by atoms with van der Waals surface area (Å²) in [4.78, 5) is 15.0. The number of amides is 1. The van der Waals surface area contributed by atoms with E-state index in [1.54, 1.807) is 0 Å². The van der Waals surface area contributed by atoms with Crippen LogP contribution in [0.25, 0.3) is 0 Å². The van der Waals surface area contributed by atoms with Gasteiger partial charge in [-0.25, -0.2) is 0 Å². The molecule has 1 aliphatic rings. The van der Waals surface area contributed by atoms with Gasteiger partial charge >= 0.3 is 0 Å². The average Bonchev–Trinajstić information content (AvgIpc) is 3.31. The lowest BCUT2D eigenvalue weighted by molar-refractivity contribution is -0.122. The van der Waals surface area contributed by atoms with E-state index in [1.807, 2.05) is 18.2 Å². The first kappa shape index (κ1) is 20.2. The molecule has 3 aromatic rings. The molecule has 0 bridgehead atoms. The highest BCUT2D eigenvalue weighted by atomic mass is 16.1. The van der Waals surface area contributed by atoms with Gasteiger partial charge in [0.25, 0.3) is 0 Å². The van der Waals surface area contributed by atoms with E-state index in [4.69, 9.17) is 0 Å². The van der Waals surface area contributed by atoms with Gasteiger partial charge in [0.15, 0.2) is 0 Å². The second-order valence-electron chi connectivity index (χ2n) is 8.13. The number of benzene rings is 3. The molecule has 3 nitrogen and oxygen atoms in total. The topological polar surface area (TPSA) is 32.3 Å². The highest BCUT2D eigenvalue weighted by molar-refractivity contribution is 5.76. The Kier molecular flexibility index (Phi) is 6.81. The van der Waals surface area contributed by atoms with Crippen molar-refractivity contribution in [2.24, 2.45) is 5.92 Å². The number of carbonyl (C=O) groups excluding carboxylic acids is 1. The quantitative estimate of drug-likeness (QED) is 0.485. The van der Waals surface area contributed by atoms with Crippen molar-refractivity contribution in [3.05, 3.63) is 96.6 Å². The van der Waals surface area contributed by atoms with Crippen LogP contribution < -0.4 is 10.2 Å². The molecule has 0 spiro atoms. The van der Waals surface area contributed by atoms with Crippen LogP contribution in [-0.2, 0) is 4.79 Å². The third-order valence-corrected chi connectivity index (χ3v) is 6.01. The smallest absolute Gasteiger partial charge is 0.220 e. The van der Waals surface area contributed by atoms with Gasteiger partial charge < -0.3 is 10.2 Å². The minimum absolute atomic E-state index is 0.00327. The minimum atomic E-state index is 0.00327. The highest BCUT2D eigenvalue weighted by Crippen LogP contribution is 2.35. The molecule has 3 aromatic carbocycles. The van der Waals surface area contributed by atoms with Crippen molar-refractivity contribution in [2.45, 2.75) is 38.1 Å². The van der Waals surface area contributed by atoms with Crippen LogP contribution in [0.5, 0.6) is 0 Å². The van der Waals surface area contributed by atoms with Crippen molar-refractivity contribution in [1.29, 1.82) is 0 Å². The lowest BCUT2D eigenvalue weighted by Crippen LogP contribution is -2.36. The van der Waals surface area contributed by atoms with E-state index in [1.165, 1.54) is 31.2 Å². The third-order valence-electron chi connectivity index (χ3n) is 6.01. The number of para-hydroxylation sites is 2. The lowest BCUT2D eigenvalue weighted by Gasteiger charge is -2.34. The monoisotopic (exact) mass is 398 g/mol. The van der Waals surface area contributed by atoms with E-state index >= 15 is 0 Å². The number of nitrogens with zero attached hydrogens (tertiary/aromatic N) is 1. The van der Waals surface area contributed by atoms with Gasteiger partial charge in [-0.05, 0) is 48.6 Å². The van der Waals surface area contributed by atoms with Gasteiger partial charge in [-0.15, -0.1) is 0 Å². The number of hydrogen-bond donors (Lipinski definition) is 1. The summed E-state index contributed by atoms with van der Waals surface area (Å²) in [6.07, 6.45) is 5.56. The number of carbonyl (C=O) groups is 1. The lowest BCUT2D eigenvalue weighted by atomic mass is 10.0. The maximum Gasteiger partial charge on any atom is 0.220 e. The summed E-state index contributed by atoms with van der Waals surface area (Å²) in [5.74, 6) is 0.725. The van der Waals surface area contributed by atoms with E-state index in [0.29, 0.717) is 18.9 Å². The van der Waals surface area contributed by atoms with E-state index in [-0.39, 0.29) is 11.9 Å². The van der Waals surface area contributed by atoms with Gasteiger partial charge in [0.1, 0.15) is 0 Å². The minimum Gasteiger partial charge on any atom is -0.354 e. The molecule has 1 N–H and O–H groups in total. The number of nitrogens with one attached hydrogen (secondary N) is 1. The molecule has 1 saturated carbocycles. The van der Waals surface area contributed by atoms with Gasteiger partial charge in [-0.3, -0.25) is 4.79 Å². The number of rotatable bonds is 8. The van der Waals surface area contributed by atoms with Crippen LogP contribution in [0.1, 0.15) is 43.7 Å². The molecule has 30 heavy (non-hydrogen) atoms. The van der Waals surface area contributed by atoms with Crippen LogP contribution >= 0.6 is 0 Å². The van der Waals surface area contributed by atoms with Crippen molar-refractivity contribution in [3.63, 3.8) is 0 Å². The van der Waals surface area contributed by atoms with Crippen molar-refractivity contribution in [3.8, 4) is 0 Å². The second-order valence-corrected chi connectivity index (χ2v) is 8.13. The average molecular weight is 399 g/mol. The second kappa shape index (κ2) is 10.1. The van der Waals surface area contributed by atoms with Gasteiger partial charge in [0.2, 0.25) is 5.91 Å². The number of anilines is 2. The van der Waals surface area contributed by atoms with E-state index in [2.05, 4.69) is 83.0 Å². The summed E-state index contributed by atoms with van der Waals surface area (Å²) in [5, 5.41) is 3.25. The molecule has 1 unspecified atom stereocenters. The van der Waals surface area contributed by atoms with Crippen molar-refractivity contribution < 1.29 is 4.79 Å². The maximum absolute atomic E-state index is 12.7. The van der Waals surface area contributed by atoms with Crippen LogP contribution in [-0.4, -0.2) is 12.5 Å². The fourth-order valence-corrected chi connectivity index (χ4v) is 4.48. The zero-order valence-electron chi connectivity index (χ0n) is 17.4. The summed E-state index contributed by atoms with van der Waals surface area (Å²) in [7, 11) is 0. The molecule has 154 valence electrons. The van der Waals surface area contributed by atoms with Crippen LogP contribution in [0.3, 0.4) is 0 Å². The SMILES string of the molecule is O=C(CC1CCCC1)NCC(c1ccccc1)N(c1ccccc1)c1ccccc1. The third kappa shape index (κ3) is 5.10. The molecule has 0 aliphatic heterocycles. The molecule has 4 rings (SSSR count). The van der Waals surface area contributed by atoms with Gasteiger partial charge in [-0.2, -0.15) is 0 Å². The Morgan fingerprint density at radius 1 is 0.800 bits per heavy atom. The van der Waals surface area contributed by atoms with Gasteiger partial charge in [0.05, 0.1) is 6.04 Å². The van der Waals surface area contributed by atoms with E-state index in [0.717, 1.165) is 11.4 Å². The van der Waals surface area contributed by atoms with Crippen molar-refractivity contribution >= 4 is 17.3 Å². The molecular weight excluding hydrogens is 368 g/mol. The largest absolute Gasteiger partial charge is 0.354 e. The molecular formula is C27H30N2O. The Morgan fingerprint density at radius 2 is 1.30 bits per heavy atom. The Balaban J connectivity index is 1.62. The first-order chi connectivity index (χ1) is 14.8. The molecule has 0 aromatic heterocycles. The molecule has 0 saturated heterocycles. The summed E-state index contributed by atoms with van der Waals surface area (Å²) in [5.41, 5.74) is 3.41. The summed E-state index contributed by atoms with van der Waals surface area (Å²) >= 11 is 0. The van der Waals surface area contributed by atoms with E-state index in [9.17, 15) is 4.79 Å². The Morgan fingerprint density at radius 3 is 1.83 bits per heavy atom. The first-order valence-electron chi connectivity index (χ1n) is 11.0. The number of hydrogen-bond acceptors (Lipinski definition) is 2. The zero-order valence-corrected chi connectivity index (χ0v) is 17.4. The molecule has 1 atom stereocenters. The van der Waals surface area contributed by atoms with Gasteiger partial charge in [-0.1, -0.05) is 79.6 Å². The molecule has 3 heteroatoms. The molecule has 0 radical (unpaired) electrons. The Bertz CT molecular complexity index is 866. The molecule has 1 fully saturated rings. The predicted octanol–water partition coefficient (Wildman–Crippen LogP) is 6.26. The zero-order chi connectivity index (χ0) is 20.6. The van der Waals surface area contributed by atoms with Crippen LogP contribution in [0.2, 0.25) is 0 Å². The van der Waals surface area contributed by atoms with Crippen molar-refractivity contribution in [1.82, 2.24) is 5.32 Å². The highest BCUT2D eigenvalue weighted by Gasteiger charge is 2.24. The molecule has 1 aliphatic carbocycles. The van der Waals surface area contributed by atoms with Crippen molar-refractivity contribution in [2.75, 3.05) is 11.4 Å². The summed E-state index contributed by atoms with van der Waals surface area (Å²) in [6.45, 7) is 0.569. The van der Waals surface area contributed by atoms with Gasteiger partial charge in [0, 0.05) is 24.3 Å². The summed E-state index contributed by atoms with van der Waals surface area (Å²) in [6, 6.07) is 31.3. The van der Waals surface area contributed by atoms with Crippen LogP contribution in [0.15, 0.2) is 91.0 Å². The fraction of sp³-hybridized carbons (Fsp3) is 0.296. The fourth-order valence-electron chi connectivity index (χ4n) is 4.48. The first-order valence-corrected chi connectivity index (χ1v) is 11.0. The Labute approximate surface area is 179 Å². The molecule has 1 amide bonds.